The van der Waals surface area contributed by atoms with Crippen molar-refractivity contribution < 1.29 is 19.0 Å². The van der Waals surface area contributed by atoms with Gasteiger partial charge in [0, 0.05) is 18.5 Å². The van der Waals surface area contributed by atoms with Crippen molar-refractivity contribution >= 4 is 17.7 Å². The highest BCUT2D eigenvalue weighted by Crippen LogP contribution is 2.38. The first-order valence-electron chi connectivity index (χ1n) is 10.9. The average molecular weight is 443 g/mol. The molecule has 2 atom stereocenters. The van der Waals surface area contributed by atoms with Gasteiger partial charge in [0.2, 0.25) is 0 Å². The molecule has 2 aromatic carbocycles. The van der Waals surface area contributed by atoms with Crippen molar-refractivity contribution in [3.63, 3.8) is 0 Å². The minimum atomic E-state index is -0.330. The number of hydrogen-bond donors (Lipinski definition) is 1. The van der Waals surface area contributed by atoms with Gasteiger partial charge in [-0.15, -0.1) is 0 Å². The van der Waals surface area contributed by atoms with E-state index in [0.717, 1.165) is 61.3 Å². The zero-order valence-electron chi connectivity index (χ0n) is 17.6. The van der Waals surface area contributed by atoms with Crippen LogP contribution in [0.25, 0.3) is 11.1 Å². The van der Waals surface area contributed by atoms with Gasteiger partial charge in [0.1, 0.15) is 17.6 Å². The smallest absolute Gasteiger partial charge is 0.407 e. The summed E-state index contributed by atoms with van der Waals surface area (Å²) in [5.74, 6) is 1.91. The number of benzene rings is 2. The highest BCUT2D eigenvalue weighted by Gasteiger charge is 2.37. The van der Waals surface area contributed by atoms with E-state index in [1.54, 1.807) is 7.11 Å². The highest BCUT2D eigenvalue weighted by atomic mass is 35.5. The van der Waals surface area contributed by atoms with E-state index < -0.39 is 0 Å². The third-order valence-electron chi connectivity index (χ3n) is 6.68. The predicted molar refractivity (Wildman–Crippen MR) is 119 cm³/mol. The minimum absolute atomic E-state index is 0.00377. The van der Waals surface area contributed by atoms with Crippen molar-refractivity contribution in [1.29, 1.82) is 0 Å². The molecule has 0 spiro atoms. The SMILES string of the molecule is COc1cc(-c2ccc3c(c2)OCCC3NC(=O)O[C@@H]2CN3CCC2CC3)ccc1Cl. The maximum absolute atomic E-state index is 12.6. The van der Waals surface area contributed by atoms with Crippen molar-refractivity contribution in [1.82, 2.24) is 10.2 Å². The molecule has 1 N–H and O–H groups in total. The molecule has 164 valence electrons. The molecule has 6 rings (SSSR count). The first kappa shape index (κ1) is 20.5. The Morgan fingerprint density at radius 2 is 1.90 bits per heavy atom. The number of piperidine rings is 3. The van der Waals surface area contributed by atoms with Crippen LogP contribution in [0.3, 0.4) is 0 Å². The van der Waals surface area contributed by atoms with Crippen LogP contribution in [0.2, 0.25) is 5.02 Å². The maximum atomic E-state index is 12.6. The fraction of sp³-hybridized carbons (Fsp3) is 0.458. The van der Waals surface area contributed by atoms with Crippen LogP contribution in [0.5, 0.6) is 11.5 Å². The molecule has 2 aromatic rings. The number of halogens is 1. The number of fused-ring (bicyclic) bond motifs is 4. The molecule has 4 aliphatic heterocycles. The van der Waals surface area contributed by atoms with Gasteiger partial charge in [0.25, 0.3) is 0 Å². The van der Waals surface area contributed by atoms with Gasteiger partial charge in [-0.25, -0.2) is 4.79 Å². The Morgan fingerprint density at radius 3 is 2.65 bits per heavy atom. The third-order valence-corrected chi connectivity index (χ3v) is 7.00. The summed E-state index contributed by atoms with van der Waals surface area (Å²) in [7, 11) is 1.60. The van der Waals surface area contributed by atoms with Crippen LogP contribution >= 0.6 is 11.6 Å². The molecule has 2 bridgehead atoms. The van der Waals surface area contributed by atoms with Crippen LogP contribution in [-0.2, 0) is 4.74 Å². The van der Waals surface area contributed by atoms with E-state index in [9.17, 15) is 4.79 Å². The lowest BCUT2D eigenvalue weighted by Gasteiger charge is -2.44. The molecule has 3 saturated heterocycles. The quantitative estimate of drug-likeness (QED) is 0.746. The summed E-state index contributed by atoms with van der Waals surface area (Å²) in [6, 6.07) is 11.6. The van der Waals surface area contributed by atoms with Gasteiger partial charge >= 0.3 is 6.09 Å². The Balaban J connectivity index is 1.29. The van der Waals surface area contributed by atoms with E-state index in [1.165, 1.54) is 0 Å². The maximum Gasteiger partial charge on any atom is 0.407 e. The molecule has 0 saturated carbocycles. The van der Waals surface area contributed by atoms with Crippen LogP contribution in [0.15, 0.2) is 36.4 Å². The van der Waals surface area contributed by atoms with Gasteiger partial charge in [-0.2, -0.15) is 0 Å². The summed E-state index contributed by atoms with van der Waals surface area (Å²) in [6.45, 7) is 3.66. The molecule has 3 fully saturated rings. The van der Waals surface area contributed by atoms with E-state index in [2.05, 4.69) is 10.2 Å². The van der Waals surface area contributed by atoms with Gasteiger partial charge in [-0.05, 0) is 61.2 Å². The predicted octanol–water partition coefficient (Wildman–Crippen LogP) is 4.66. The van der Waals surface area contributed by atoms with Gasteiger partial charge in [-0.1, -0.05) is 29.8 Å². The highest BCUT2D eigenvalue weighted by molar-refractivity contribution is 6.32. The lowest BCUT2D eigenvalue weighted by atomic mass is 9.86. The summed E-state index contributed by atoms with van der Waals surface area (Å²) in [4.78, 5) is 15.0. The van der Waals surface area contributed by atoms with Gasteiger partial charge in [0.05, 0.1) is 24.8 Å². The van der Waals surface area contributed by atoms with E-state index >= 15 is 0 Å². The van der Waals surface area contributed by atoms with Gasteiger partial charge in [-0.3, -0.25) is 4.90 Å². The van der Waals surface area contributed by atoms with Crippen LogP contribution < -0.4 is 14.8 Å². The van der Waals surface area contributed by atoms with Crippen LogP contribution in [-0.4, -0.2) is 50.4 Å². The summed E-state index contributed by atoms with van der Waals surface area (Å²) >= 11 is 6.15. The fourth-order valence-electron chi connectivity index (χ4n) is 4.92. The standard InChI is InChI=1S/C24H27ClN2O4/c1-29-22-13-17(3-5-19(22)25)16-2-4-18-20(8-11-30-21(18)12-16)26-24(28)31-23-14-27-9-6-15(23)7-10-27/h2-5,12-13,15,20,23H,6-11,14H2,1H3,(H,26,28)/t20?,23-/m1/s1. The summed E-state index contributed by atoms with van der Waals surface area (Å²) in [5, 5.41) is 3.64. The Morgan fingerprint density at radius 1 is 1.13 bits per heavy atom. The number of rotatable bonds is 4. The summed E-state index contributed by atoms with van der Waals surface area (Å²) in [6.07, 6.45) is 2.63. The fourth-order valence-corrected chi connectivity index (χ4v) is 5.11. The second-order valence-corrected chi connectivity index (χ2v) is 8.92. The number of methoxy groups -OCH3 is 1. The number of carbonyl (C=O) groups is 1. The number of nitrogens with zero attached hydrogens (tertiary/aromatic N) is 1. The third kappa shape index (κ3) is 4.19. The molecule has 1 amide bonds. The number of alkyl carbamates (subject to hydrolysis) is 1. The Labute approximate surface area is 187 Å². The molecule has 0 radical (unpaired) electrons. The van der Waals surface area contributed by atoms with Crippen LogP contribution in [0.1, 0.15) is 30.9 Å². The van der Waals surface area contributed by atoms with E-state index in [-0.39, 0.29) is 18.2 Å². The van der Waals surface area contributed by atoms with E-state index in [0.29, 0.717) is 23.3 Å². The molecule has 4 aliphatic rings. The molecule has 31 heavy (non-hydrogen) atoms. The zero-order chi connectivity index (χ0) is 21.4. The topological polar surface area (TPSA) is 60.0 Å². The summed E-state index contributed by atoms with van der Waals surface area (Å²) < 4.78 is 17.1. The number of amides is 1. The number of hydrogen-bond acceptors (Lipinski definition) is 5. The molecule has 4 heterocycles. The van der Waals surface area contributed by atoms with E-state index in [1.807, 2.05) is 36.4 Å². The molecular weight excluding hydrogens is 416 g/mol. The molecular formula is C24H27ClN2O4. The first-order chi connectivity index (χ1) is 15.1. The van der Waals surface area contributed by atoms with Crippen molar-refractivity contribution in [2.75, 3.05) is 33.4 Å². The van der Waals surface area contributed by atoms with E-state index in [4.69, 9.17) is 25.8 Å². The Bertz CT molecular complexity index is 974. The Hall–Kier alpha value is -2.44. The van der Waals surface area contributed by atoms with Crippen LogP contribution in [0.4, 0.5) is 4.79 Å². The van der Waals surface area contributed by atoms with Gasteiger partial charge in [0.15, 0.2) is 0 Å². The second kappa shape index (κ2) is 8.60. The zero-order valence-corrected chi connectivity index (χ0v) is 18.4. The summed E-state index contributed by atoms with van der Waals surface area (Å²) in [5.41, 5.74) is 2.97. The van der Waals surface area contributed by atoms with Crippen molar-refractivity contribution in [2.24, 2.45) is 5.92 Å². The van der Waals surface area contributed by atoms with Crippen molar-refractivity contribution in [3.8, 4) is 22.6 Å². The van der Waals surface area contributed by atoms with Gasteiger partial charge < -0.3 is 19.5 Å². The molecule has 1 unspecified atom stereocenters. The average Bonchev–Trinajstić information content (AvgIpc) is 2.80. The normalized spacial score (nSPS) is 26.5. The Kier molecular flexibility index (Phi) is 5.67. The number of ether oxygens (including phenoxy) is 3. The minimum Gasteiger partial charge on any atom is -0.495 e. The largest absolute Gasteiger partial charge is 0.495 e. The van der Waals surface area contributed by atoms with Crippen molar-refractivity contribution in [3.05, 3.63) is 47.0 Å². The first-order valence-corrected chi connectivity index (χ1v) is 11.3. The lowest BCUT2D eigenvalue weighted by Crippen LogP contribution is -2.52. The molecule has 6 nitrogen and oxygen atoms in total. The van der Waals surface area contributed by atoms with Crippen LogP contribution in [0, 0.1) is 5.92 Å². The number of carbonyl (C=O) groups excluding carboxylic acids is 1. The second-order valence-electron chi connectivity index (χ2n) is 8.52. The molecule has 0 aliphatic carbocycles. The number of nitrogens with one attached hydrogen (secondary N) is 1. The monoisotopic (exact) mass is 442 g/mol. The molecule has 7 heteroatoms. The lowest BCUT2D eigenvalue weighted by molar-refractivity contribution is -0.0342. The molecule has 0 aromatic heterocycles. The van der Waals surface area contributed by atoms with Crippen molar-refractivity contribution in [2.45, 2.75) is 31.4 Å².